The van der Waals surface area contributed by atoms with E-state index in [2.05, 4.69) is 6.58 Å². The third kappa shape index (κ3) is 3.95. The van der Waals surface area contributed by atoms with Crippen LogP contribution in [0.5, 0.6) is 11.5 Å². The second kappa shape index (κ2) is 7.98. The van der Waals surface area contributed by atoms with Crippen LogP contribution in [0.25, 0.3) is 6.08 Å². The molecule has 8 heteroatoms. The molecule has 126 valence electrons. The fourth-order valence-corrected chi connectivity index (χ4v) is 3.29. The summed E-state index contributed by atoms with van der Waals surface area (Å²) in [6.07, 6.45) is 3.21. The van der Waals surface area contributed by atoms with E-state index in [1.54, 1.807) is 30.4 Å². The van der Waals surface area contributed by atoms with Gasteiger partial charge in [0.15, 0.2) is 18.1 Å². The van der Waals surface area contributed by atoms with Gasteiger partial charge in [-0.15, -0.1) is 6.58 Å². The van der Waals surface area contributed by atoms with E-state index in [1.807, 2.05) is 0 Å². The third-order valence-electron chi connectivity index (χ3n) is 3.04. The van der Waals surface area contributed by atoms with Crippen molar-refractivity contribution in [2.24, 2.45) is 0 Å². The van der Waals surface area contributed by atoms with Crippen molar-refractivity contribution < 1.29 is 24.2 Å². The first-order valence-corrected chi connectivity index (χ1v) is 8.08. The molecule has 1 aliphatic heterocycles. The minimum atomic E-state index is -1.11. The Morgan fingerprint density at radius 1 is 1.50 bits per heavy atom. The van der Waals surface area contributed by atoms with E-state index in [0.29, 0.717) is 27.1 Å². The van der Waals surface area contributed by atoms with E-state index in [9.17, 15) is 9.59 Å². The Labute approximate surface area is 148 Å². The van der Waals surface area contributed by atoms with Crippen LogP contribution in [-0.4, -0.2) is 46.5 Å². The number of carbonyl (C=O) groups excluding carboxylic acids is 1. The molecule has 0 radical (unpaired) electrons. The molecule has 0 spiro atoms. The number of ether oxygens (including phenoxy) is 2. The van der Waals surface area contributed by atoms with E-state index in [4.69, 9.17) is 26.8 Å². The first-order chi connectivity index (χ1) is 11.5. The zero-order chi connectivity index (χ0) is 17.7. The monoisotopic (exact) mass is 365 g/mol. The Bertz CT molecular complexity index is 729. The number of carboxylic acids is 1. The molecule has 2 rings (SSSR count). The Balaban J connectivity index is 2.38. The summed E-state index contributed by atoms with van der Waals surface area (Å²) < 4.78 is 11.0. The van der Waals surface area contributed by atoms with Gasteiger partial charge in [0.2, 0.25) is 0 Å². The number of aliphatic carboxylic acids is 1. The van der Waals surface area contributed by atoms with Crippen LogP contribution in [-0.2, 0) is 9.59 Å². The summed E-state index contributed by atoms with van der Waals surface area (Å²) >= 11 is 6.36. The number of amides is 1. The lowest BCUT2D eigenvalue weighted by Gasteiger charge is -2.12. The molecular formula is C16H15NO5S2. The first kappa shape index (κ1) is 18.0. The van der Waals surface area contributed by atoms with Gasteiger partial charge in [0.1, 0.15) is 4.32 Å². The van der Waals surface area contributed by atoms with Gasteiger partial charge in [0, 0.05) is 12.1 Å². The summed E-state index contributed by atoms with van der Waals surface area (Å²) in [5.74, 6) is -0.691. The Morgan fingerprint density at radius 3 is 2.88 bits per heavy atom. The van der Waals surface area contributed by atoms with Gasteiger partial charge in [-0.25, -0.2) is 4.79 Å². The highest BCUT2D eigenvalue weighted by Crippen LogP contribution is 2.37. The number of hydrogen-bond donors (Lipinski definition) is 1. The average Bonchev–Trinajstić information content (AvgIpc) is 2.81. The van der Waals surface area contributed by atoms with Crippen molar-refractivity contribution in [2.45, 2.75) is 0 Å². The maximum Gasteiger partial charge on any atom is 0.341 e. The van der Waals surface area contributed by atoms with E-state index in [-0.39, 0.29) is 11.7 Å². The lowest BCUT2D eigenvalue weighted by Crippen LogP contribution is -2.27. The maximum atomic E-state index is 12.4. The minimum absolute atomic E-state index is 0.225. The maximum absolute atomic E-state index is 12.4. The van der Waals surface area contributed by atoms with Crippen LogP contribution in [0.2, 0.25) is 0 Å². The molecule has 1 aromatic carbocycles. The summed E-state index contributed by atoms with van der Waals surface area (Å²) in [5.41, 5.74) is 0.537. The first-order valence-electron chi connectivity index (χ1n) is 6.85. The quantitative estimate of drug-likeness (QED) is 0.452. The molecule has 0 unspecified atom stereocenters. The fourth-order valence-electron chi connectivity index (χ4n) is 2.02. The smallest absolute Gasteiger partial charge is 0.341 e. The Kier molecular flexibility index (Phi) is 5.99. The highest BCUT2D eigenvalue weighted by atomic mass is 32.2. The molecule has 1 N–H and O–H groups in total. The predicted molar refractivity (Wildman–Crippen MR) is 96.2 cm³/mol. The molecule has 0 aliphatic carbocycles. The zero-order valence-corrected chi connectivity index (χ0v) is 14.5. The van der Waals surface area contributed by atoms with Crippen LogP contribution in [0.15, 0.2) is 35.8 Å². The summed E-state index contributed by atoms with van der Waals surface area (Å²) in [7, 11) is 1.45. The number of para-hydroxylation sites is 1. The van der Waals surface area contributed by atoms with Gasteiger partial charge in [-0.1, -0.05) is 42.2 Å². The normalized spacial score (nSPS) is 15.7. The van der Waals surface area contributed by atoms with E-state index in [1.165, 1.54) is 23.8 Å². The predicted octanol–water partition coefficient (Wildman–Crippen LogP) is 2.55. The van der Waals surface area contributed by atoms with Crippen molar-refractivity contribution in [3.8, 4) is 11.5 Å². The van der Waals surface area contributed by atoms with Crippen LogP contribution in [0.1, 0.15) is 5.56 Å². The second-order valence-corrected chi connectivity index (χ2v) is 6.32. The van der Waals surface area contributed by atoms with Crippen molar-refractivity contribution in [3.05, 3.63) is 41.3 Å². The highest BCUT2D eigenvalue weighted by Gasteiger charge is 2.31. The molecular weight excluding hydrogens is 350 g/mol. The minimum Gasteiger partial charge on any atom is -0.493 e. The topological polar surface area (TPSA) is 76.1 Å². The summed E-state index contributed by atoms with van der Waals surface area (Å²) in [4.78, 5) is 25.0. The number of carboxylic acid groups (broad SMARTS) is 1. The average molecular weight is 365 g/mol. The van der Waals surface area contributed by atoms with Crippen molar-refractivity contribution in [2.75, 3.05) is 20.3 Å². The molecule has 6 nitrogen and oxygen atoms in total. The number of thioether (sulfide) groups is 1. The number of benzene rings is 1. The number of hydrogen-bond acceptors (Lipinski definition) is 6. The largest absolute Gasteiger partial charge is 0.493 e. The lowest BCUT2D eigenvalue weighted by molar-refractivity contribution is -0.139. The van der Waals surface area contributed by atoms with E-state index in [0.717, 1.165) is 0 Å². The second-order valence-electron chi connectivity index (χ2n) is 4.64. The Morgan fingerprint density at radius 2 is 2.25 bits per heavy atom. The number of carbonyl (C=O) groups is 2. The van der Waals surface area contributed by atoms with Gasteiger partial charge in [0.05, 0.1) is 12.0 Å². The zero-order valence-electron chi connectivity index (χ0n) is 12.9. The fraction of sp³-hybridized carbons (Fsp3) is 0.188. The van der Waals surface area contributed by atoms with Crippen molar-refractivity contribution in [1.82, 2.24) is 4.90 Å². The van der Waals surface area contributed by atoms with Gasteiger partial charge in [-0.05, 0) is 12.1 Å². The molecule has 0 bridgehead atoms. The Hall–Kier alpha value is -2.32. The van der Waals surface area contributed by atoms with E-state index >= 15 is 0 Å². The molecule has 1 amide bonds. The van der Waals surface area contributed by atoms with Gasteiger partial charge < -0.3 is 14.6 Å². The molecule has 0 atom stereocenters. The number of rotatable bonds is 7. The third-order valence-corrected chi connectivity index (χ3v) is 4.42. The van der Waals surface area contributed by atoms with Crippen molar-refractivity contribution >= 4 is 46.3 Å². The molecule has 0 aromatic heterocycles. The van der Waals surface area contributed by atoms with Crippen LogP contribution in [0.3, 0.4) is 0 Å². The van der Waals surface area contributed by atoms with E-state index < -0.39 is 12.6 Å². The molecule has 1 aromatic rings. The summed E-state index contributed by atoms with van der Waals surface area (Å²) in [6.45, 7) is 3.43. The van der Waals surface area contributed by atoms with Crippen molar-refractivity contribution in [1.29, 1.82) is 0 Å². The van der Waals surface area contributed by atoms with Gasteiger partial charge in [-0.3, -0.25) is 9.69 Å². The molecule has 1 fully saturated rings. The van der Waals surface area contributed by atoms with Gasteiger partial charge in [-0.2, -0.15) is 0 Å². The van der Waals surface area contributed by atoms with Gasteiger partial charge >= 0.3 is 5.97 Å². The molecule has 1 aliphatic rings. The summed E-state index contributed by atoms with van der Waals surface area (Å²) in [5, 5.41) is 8.81. The molecule has 24 heavy (non-hydrogen) atoms. The number of thiocarbonyl (C=S) groups is 1. The lowest BCUT2D eigenvalue weighted by atomic mass is 10.1. The molecule has 1 saturated heterocycles. The number of methoxy groups -OCH3 is 1. The van der Waals surface area contributed by atoms with Crippen LogP contribution in [0.4, 0.5) is 0 Å². The molecule has 1 heterocycles. The van der Waals surface area contributed by atoms with Crippen molar-refractivity contribution in [3.63, 3.8) is 0 Å². The van der Waals surface area contributed by atoms with Gasteiger partial charge in [0.25, 0.3) is 5.91 Å². The summed E-state index contributed by atoms with van der Waals surface area (Å²) in [6, 6.07) is 5.08. The molecule has 0 saturated carbocycles. The van der Waals surface area contributed by atoms with Crippen LogP contribution in [0, 0.1) is 0 Å². The van der Waals surface area contributed by atoms with Crippen LogP contribution < -0.4 is 9.47 Å². The van der Waals surface area contributed by atoms with Crippen LogP contribution >= 0.6 is 24.0 Å². The standard InChI is InChI=1S/C16H15NO5S2/c1-3-7-17-15(20)12(24-16(17)23)8-10-5-4-6-11(21-2)14(10)22-9-13(18)19/h3-6,8H,1,7,9H2,2H3,(H,18,19)/b12-8-. The number of nitrogens with zero attached hydrogens (tertiary/aromatic N) is 1. The highest BCUT2D eigenvalue weighted by molar-refractivity contribution is 8.26. The SMILES string of the molecule is C=CCN1C(=O)/C(=C/c2cccc(OC)c2OCC(=O)O)SC1=S.